The summed E-state index contributed by atoms with van der Waals surface area (Å²) in [5.41, 5.74) is 1.97. The molecule has 0 aliphatic carbocycles. The van der Waals surface area contributed by atoms with E-state index in [0.29, 0.717) is 39.3 Å². The van der Waals surface area contributed by atoms with Crippen molar-refractivity contribution in [2.45, 2.75) is 32.6 Å². The zero-order valence-electron chi connectivity index (χ0n) is 20.5. The summed E-state index contributed by atoms with van der Waals surface area (Å²) in [6.45, 7) is 7.53. The molecule has 1 saturated heterocycles. The van der Waals surface area contributed by atoms with Crippen LogP contribution in [0.25, 0.3) is 0 Å². The lowest BCUT2D eigenvalue weighted by atomic mass is 9.87. The van der Waals surface area contributed by atoms with E-state index in [1.165, 1.54) is 34.3 Å². The maximum atomic E-state index is 13.5. The number of carbonyl (C=O) groups excluding carboxylic acids is 2. The van der Waals surface area contributed by atoms with Gasteiger partial charge in [-0.3, -0.25) is 4.90 Å². The van der Waals surface area contributed by atoms with E-state index in [-0.39, 0.29) is 29.6 Å². The molecule has 0 bridgehead atoms. The fourth-order valence-electron chi connectivity index (χ4n) is 4.39. The Kier molecular flexibility index (Phi) is 9.84. The average Bonchev–Trinajstić information content (AvgIpc) is 3.06. The molecule has 2 aromatic rings. The molecule has 4 amide bonds. The molecule has 35 heavy (non-hydrogen) atoms. The van der Waals surface area contributed by atoms with Crippen LogP contribution in [0.5, 0.6) is 0 Å². The van der Waals surface area contributed by atoms with Gasteiger partial charge in [0, 0.05) is 32.1 Å². The molecule has 0 radical (unpaired) electrons. The van der Waals surface area contributed by atoms with E-state index in [9.17, 15) is 18.4 Å². The van der Waals surface area contributed by atoms with Crippen LogP contribution >= 0.6 is 0 Å². The number of hydrogen-bond donors (Lipinski definition) is 2. The minimum absolute atomic E-state index is 0.0156. The van der Waals surface area contributed by atoms with Crippen molar-refractivity contribution in [3.8, 4) is 0 Å². The first-order chi connectivity index (χ1) is 16.9. The number of nitrogens with one attached hydrogen (secondary N) is 2. The predicted molar refractivity (Wildman–Crippen MR) is 132 cm³/mol. The molecule has 2 aromatic carbocycles. The lowest BCUT2D eigenvalue weighted by molar-refractivity contribution is 0.0582. The third kappa shape index (κ3) is 7.39. The van der Waals surface area contributed by atoms with Crippen molar-refractivity contribution in [1.29, 1.82) is 0 Å². The van der Waals surface area contributed by atoms with Crippen molar-refractivity contribution in [2.75, 3.05) is 45.8 Å². The molecule has 3 rings (SSSR count). The molecular formula is C26H35F2N5O2. The molecule has 0 spiro atoms. The van der Waals surface area contributed by atoms with E-state index < -0.39 is 0 Å². The minimum atomic E-state index is -0.287. The van der Waals surface area contributed by atoms with Gasteiger partial charge in [-0.15, -0.1) is 0 Å². The third-order valence-electron chi connectivity index (χ3n) is 6.18. The second-order valence-corrected chi connectivity index (χ2v) is 8.56. The van der Waals surface area contributed by atoms with Crippen molar-refractivity contribution in [1.82, 2.24) is 25.6 Å². The summed E-state index contributed by atoms with van der Waals surface area (Å²) in [4.78, 5) is 27.4. The number of nitrogens with zero attached hydrogens (tertiary/aromatic N) is 3. The first kappa shape index (κ1) is 26.4. The van der Waals surface area contributed by atoms with Crippen molar-refractivity contribution in [3.05, 3.63) is 71.3 Å². The maximum absolute atomic E-state index is 13.5. The van der Waals surface area contributed by atoms with E-state index in [1.54, 1.807) is 24.3 Å². The van der Waals surface area contributed by atoms with Crippen molar-refractivity contribution < 1.29 is 18.4 Å². The lowest BCUT2D eigenvalue weighted by Gasteiger charge is -2.32. The SMILES string of the molecule is CCNC(=O)N1CCN(CCCC(c2ccc(F)cc2)c2ccc(F)cc2)CCN1C(=O)NCC. The van der Waals surface area contributed by atoms with Crippen LogP contribution in [0.4, 0.5) is 18.4 Å². The van der Waals surface area contributed by atoms with E-state index in [0.717, 1.165) is 30.5 Å². The van der Waals surface area contributed by atoms with E-state index in [2.05, 4.69) is 15.5 Å². The van der Waals surface area contributed by atoms with Crippen LogP contribution < -0.4 is 10.6 Å². The van der Waals surface area contributed by atoms with Crippen LogP contribution in [-0.2, 0) is 0 Å². The summed E-state index contributed by atoms with van der Waals surface area (Å²) < 4.78 is 27.0. The van der Waals surface area contributed by atoms with E-state index in [4.69, 9.17) is 0 Å². The molecule has 2 N–H and O–H groups in total. The van der Waals surface area contributed by atoms with Gasteiger partial charge in [-0.05, 0) is 68.6 Å². The lowest BCUT2D eigenvalue weighted by Crippen LogP contribution is -2.56. The fraction of sp³-hybridized carbons (Fsp3) is 0.462. The summed E-state index contributed by atoms with van der Waals surface area (Å²) in [6.07, 6.45) is 1.65. The molecule has 0 atom stereocenters. The average molecular weight is 488 g/mol. The van der Waals surface area contributed by atoms with Gasteiger partial charge < -0.3 is 10.6 Å². The quantitative estimate of drug-likeness (QED) is 0.587. The number of halogens is 2. The number of carbonyl (C=O) groups is 2. The van der Waals surface area contributed by atoms with Gasteiger partial charge in [-0.25, -0.2) is 28.4 Å². The number of hydrazine groups is 1. The van der Waals surface area contributed by atoms with Crippen LogP contribution in [0.1, 0.15) is 43.7 Å². The highest BCUT2D eigenvalue weighted by molar-refractivity contribution is 5.80. The standard InChI is InChI=1S/C26H35F2N5O2/c1-3-29-25(34)32-18-16-31(17-19-33(32)26(35)30-4-2)15-5-6-24(20-7-11-22(27)12-8-20)21-9-13-23(28)14-10-21/h7-14,24H,3-6,15-19H2,1-2H3,(H,29,34)(H,30,35). The molecule has 0 aromatic heterocycles. The van der Waals surface area contributed by atoms with Gasteiger partial charge in [0.15, 0.2) is 0 Å². The number of rotatable bonds is 8. The topological polar surface area (TPSA) is 67.9 Å². The van der Waals surface area contributed by atoms with Gasteiger partial charge in [0.25, 0.3) is 0 Å². The maximum Gasteiger partial charge on any atom is 0.336 e. The van der Waals surface area contributed by atoms with Crippen LogP contribution in [0.15, 0.2) is 48.5 Å². The van der Waals surface area contributed by atoms with Crippen molar-refractivity contribution >= 4 is 12.1 Å². The molecule has 9 heteroatoms. The Balaban J connectivity index is 1.65. The van der Waals surface area contributed by atoms with Gasteiger partial charge in [0.2, 0.25) is 0 Å². The third-order valence-corrected chi connectivity index (χ3v) is 6.18. The monoisotopic (exact) mass is 487 g/mol. The summed E-state index contributed by atoms with van der Waals surface area (Å²) in [5.74, 6) is -0.559. The second-order valence-electron chi connectivity index (χ2n) is 8.56. The fourth-order valence-corrected chi connectivity index (χ4v) is 4.39. The van der Waals surface area contributed by atoms with Gasteiger partial charge in [-0.1, -0.05) is 24.3 Å². The first-order valence-corrected chi connectivity index (χ1v) is 12.3. The first-order valence-electron chi connectivity index (χ1n) is 12.3. The van der Waals surface area contributed by atoms with Gasteiger partial charge in [0.05, 0.1) is 13.1 Å². The number of amides is 4. The predicted octanol–water partition coefficient (Wildman–Crippen LogP) is 4.17. The van der Waals surface area contributed by atoms with Gasteiger partial charge in [-0.2, -0.15) is 0 Å². The number of hydrogen-bond acceptors (Lipinski definition) is 3. The molecule has 1 fully saturated rings. The Labute approximate surface area is 206 Å². The van der Waals surface area contributed by atoms with Crippen molar-refractivity contribution in [3.63, 3.8) is 0 Å². The highest BCUT2D eigenvalue weighted by atomic mass is 19.1. The second kappa shape index (κ2) is 13.0. The Morgan fingerprint density at radius 2 is 1.20 bits per heavy atom. The largest absolute Gasteiger partial charge is 0.337 e. The number of urea groups is 2. The Morgan fingerprint density at radius 3 is 1.60 bits per heavy atom. The summed E-state index contributed by atoms with van der Waals surface area (Å²) in [5, 5.41) is 8.52. The molecule has 0 unspecified atom stereocenters. The molecule has 190 valence electrons. The summed E-state index contributed by atoms with van der Waals surface area (Å²) >= 11 is 0. The number of benzene rings is 2. The Bertz CT molecular complexity index is 882. The highest BCUT2D eigenvalue weighted by Crippen LogP contribution is 2.30. The Morgan fingerprint density at radius 1 is 0.771 bits per heavy atom. The highest BCUT2D eigenvalue weighted by Gasteiger charge is 2.29. The van der Waals surface area contributed by atoms with Crippen molar-refractivity contribution in [2.24, 2.45) is 0 Å². The van der Waals surface area contributed by atoms with E-state index in [1.807, 2.05) is 13.8 Å². The molecule has 1 aliphatic rings. The smallest absolute Gasteiger partial charge is 0.336 e. The van der Waals surface area contributed by atoms with Gasteiger partial charge in [0.1, 0.15) is 11.6 Å². The molecule has 1 aliphatic heterocycles. The molecular weight excluding hydrogens is 452 g/mol. The Hall–Kier alpha value is -3.20. The summed E-state index contributed by atoms with van der Waals surface area (Å²) in [7, 11) is 0. The minimum Gasteiger partial charge on any atom is -0.337 e. The van der Waals surface area contributed by atoms with E-state index >= 15 is 0 Å². The van der Waals surface area contributed by atoms with Crippen LogP contribution in [0, 0.1) is 11.6 Å². The van der Waals surface area contributed by atoms with Crippen LogP contribution in [0.2, 0.25) is 0 Å². The van der Waals surface area contributed by atoms with Crippen LogP contribution in [-0.4, -0.2) is 72.8 Å². The zero-order valence-corrected chi connectivity index (χ0v) is 20.5. The zero-order chi connectivity index (χ0) is 25.2. The molecule has 1 heterocycles. The summed E-state index contributed by atoms with van der Waals surface area (Å²) in [6, 6.07) is 12.4. The normalized spacial score (nSPS) is 14.7. The molecule has 7 nitrogen and oxygen atoms in total. The van der Waals surface area contributed by atoms with Gasteiger partial charge >= 0.3 is 12.1 Å². The molecule has 0 saturated carbocycles. The van der Waals surface area contributed by atoms with Crippen LogP contribution in [0.3, 0.4) is 0 Å².